The number of hydrogen-bond donors (Lipinski definition) is 1. The van der Waals surface area contributed by atoms with Crippen molar-refractivity contribution in [3.05, 3.63) is 67.9 Å². The number of carbonyl (C=O) groups is 1. The summed E-state index contributed by atoms with van der Waals surface area (Å²) in [5.41, 5.74) is 0.402. The van der Waals surface area contributed by atoms with Crippen LogP contribution in [0.3, 0.4) is 0 Å². The van der Waals surface area contributed by atoms with Crippen LogP contribution in [0.4, 0.5) is 15.8 Å². The average molecular weight is 389 g/mol. The fourth-order valence-electron chi connectivity index (χ4n) is 1.82. The Morgan fingerprint density at radius 1 is 1.21 bits per heavy atom. The molecule has 2 aromatic carbocycles. The number of nitro groups is 1. The van der Waals surface area contributed by atoms with Crippen molar-refractivity contribution in [3.8, 4) is 0 Å². The third kappa shape index (κ3) is 5.09. The average Bonchev–Trinajstić information content (AvgIpc) is 2.52. The summed E-state index contributed by atoms with van der Waals surface area (Å²) < 4.78 is 13.2. The number of carbonyl (C=O) groups excluding carboxylic acids is 1. The molecule has 0 heterocycles. The molecular weight excluding hydrogens is 378 g/mol. The Hall–Kier alpha value is -1.83. The molecule has 5 nitrogen and oxygen atoms in total. The van der Waals surface area contributed by atoms with E-state index in [2.05, 4.69) is 5.32 Å². The van der Waals surface area contributed by atoms with Crippen molar-refractivity contribution in [2.75, 3.05) is 11.1 Å². The second-order valence-electron chi connectivity index (χ2n) is 4.71. The molecule has 1 N–H and O–H groups in total. The third-order valence-electron chi connectivity index (χ3n) is 2.91. The molecule has 9 heteroatoms. The van der Waals surface area contributed by atoms with Crippen molar-refractivity contribution < 1.29 is 14.1 Å². The first kappa shape index (κ1) is 18.5. The maximum atomic E-state index is 13.2. The first-order valence-electron chi connectivity index (χ1n) is 6.62. The molecule has 0 aliphatic heterocycles. The van der Waals surface area contributed by atoms with E-state index in [0.29, 0.717) is 15.8 Å². The van der Waals surface area contributed by atoms with Crippen LogP contribution in [0.1, 0.15) is 5.56 Å². The second-order valence-corrected chi connectivity index (χ2v) is 6.51. The zero-order valence-electron chi connectivity index (χ0n) is 12.1. The summed E-state index contributed by atoms with van der Waals surface area (Å²) in [5, 5.41) is 14.1. The quantitative estimate of drug-likeness (QED) is 0.563. The van der Waals surface area contributed by atoms with Crippen LogP contribution >= 0.6 is 35.0 Å². The first-order valence-corrected chi connectivity index (χ1v) is 8.53. The van der Waals surface area contributed by atoms with Crippen LogP contribution in [0.2, 0.25) is 10.0 Å². The Morgan fingerprint density at radius 3 is 2.62 bits per heavy atom. The lowest BCUT2D eigenvalue weighted by Crippen LogP contribution is -2.14. The molecule has 0 saturated carbocycles. The van der Waals surface area contributed by atoms with Gasteiger partial charge >= 0.3 is 5.69 Å². The monoisotopic (exact) mass is 388 g/mol. The number of halogens is 3. The molecule has 2 rings (SSSR count). The summed E-state index contributed by atoms with van der Waals surface area (Å²) in [4.78, 5) is 21.7. The van der Waals surface area contributed by atoms with E-state index >= 15 is 0 Å². The molecule has 0 saturated heterocycles. The summed E-state index contributed by atoms with van der Waals surface area (Å²) in [6.07, 6.45) is 0. The number of rotatable bonds is 6. The lowest BCUT2D eigenvalue weighted by molar-refractivity contribution is -0.387. The van der Waals surface area contributed by atoms with Crippen molar-refractivity contribution in [3.63, 3.8) is 0 Å². The summed E-state index contributed by atoms with van der Waals surface area (Å²) in [7, 11) is 0. The highest BCUT2D eigenvalue weighted by atomic mass is 35.5. The SMILES string of the molecule is O=C(CSCc1ccc(Cl)c(Cl)c1)Nc1ccc(F)c([N+](=O)[O-])c1. The van der Waals surface area contributed by atoms with Gasteiger partial charge < -0.3 is 5.32 Å². The van der Waals surface area contributed by atoms with Crippen LogP contribution < -0.4 is 5.32 Å². The fraction of sp³-hybridized carbons (Fsp3) is 0.133. The number of benzene rings is 2. The predicted octanol–water partition coefficient (Wildman–Crippen LogP) is 4.91. The van der Waals surface area contributed by atoms with Crippen molar-refractivity contribution in [1.82, 2.24) is 0 Å². The number of nitrogens with zero attached hydrogens (tertiary/aromatic N) is 1. The lowest BCUT2D eigenvalue weighted by atomic mass is 10.2. The number of thioether (sulfide) groups is 1. The van der Waals surface area contributed by atoms with E-state index in [-0.39, 0.29) is 17.3 Å². The highest BCUT2D eigenvalue weighted by Gasteiger charge is 2.15. The Labute approximate surface area is 151 Å². The Morgan fingerprint density at radius 2 is 1.96 bits per heavy atom. The largest absolute Gasteiger partial charge is 0.325 e. The van der Waals surface area contributed by atoms with Crippen LogP contribution in [0.15, 0.2) is 36.4 Å². The second kappa shape index (κ2) is 8.32. The van der Waals surface area contributed by atoms with Gasteiger partial charge in [-0.3, -0.25) is 14.9 Å². The van der Waals surface area contributed by atoms with Gasteiger partial charge in [-0.2, -0.15) is 4.39 Å². The van der Waals surface area contributed by atoms with Gasteiger partial charge in [-0.05, 0) is 29.8 Å². The van der Waals surface area contributed by atoms with E-state index in [9.17, 15) is 19.3 Å². The standard InChI is InChI=1S/C15H11Cl2FN2O3S/c16-11-3-1-9(5-12(11)17)7-24-8-15(21)19-10-2-4-13(18)14(6-10)20(22)23/h1-6H,7-8H2,(H,19,21). The molecule has 0 bridgehead atoms. The number of hydrogen-bond acceptors (Lipinski definition) is 4. The minimum absolute atomic E-state index is 0.130. The highest BCUT2D eigenvalue weighted by molar-refractivity contribution is 7.99. The number of nitrogens with one attached hydrogen (secondary N) is 1. The molecule has 2 aromatic rings. The Kier molecular flexibility index (Phi) is 6.42. The van der Waals surface area contributed by atoms with Crippen molar-refractivity contribution in [2.45, 2.75) is 5.75 Å². The van der Waals surface area contributed by atoms with Crippen LogP contribution in [-0.2, 0) is 10.5 Å². The van der Waals surface area contributed by atoms with Crippen molar-refractivity contribution in [1.29, 1.82) is 0 Å². The zero-order chi connectivity index (χ0) is 17.7. The minimum atomic E-state index is -0.952. The molecule has 24 heavy (non-hydrogen) atoms. The third-order valence-corrected chi connectivity index (χ3v) is 4.66. The van der Waals surface area contributed by atoms with Crippen LogP contribution in [0.5, 0.6) is 0 Å². The molecular formula is C15H11Cl2FN2O3S. The van der Waals surface area contributed by atoms with E-state index in [0.717, 1.165) is 17.7 Å². The molecule has 1 amide bonds. The summed E-state index contributed by atoms with van der Waals surface area (Å²) in [6.45, 7) is 0. The van der Waals surface area contributed by atoms with E-state index in [1.54, 1.807) is 12.1 Å². The summed E-state index contributed by atoms with van der Waals surface area (Å²) >= 11 is 13.1. The van der Waals surface area contributed by atoms with Gasteiger partial charge in [0.25, 0.3) is 0 Å². The highest BCUT2D eigenvalue weighted by Crippen LogP contribution is 2.25. The molecule has 0 spiro atoms. The number of anilines is 1. The van der Waals surface area contributed by atoms with Gasteiger partial charge in [0.05, 0.1) is 20.7 Å². The minimum Gasteiger partial charge on any atom is -0.325 e. The fourth-order valence-corrected chi connectivity index (χ4v) is 2.91. The zero-order valence-corrected chi connectivity index (χ0v) is 14.4. The van der Waals surface area contributed by atoms with E-state index in [1.807, 2.05) is 6.07 Å². The normalized spacial score (nSPS) is 10.5. The van der Waals surface area contributed by atoms with Crippen molar-refractivity contribution >= 4 is 52.2 Å². The van der Waals surface area contributed by atoms with Gasteiger partial charge in [-0.1, -0.05) is 29.3 Å². The summed E-state index contributed by atoms with van der Waals surface area (Å²) in [5.74, 6) is -0.618. The van der Waals surface area contributed by atoms with Gasteiger partial charge in [0, 0.05) is 17.5 Å². The van der Waals surface area contributed by atoms with Gasteiger partial charge in [-0.15, -0.1) is 11.8 Å². The molecule has 0 fully saturated rings. The Balaban J connectivity index is 1.88. The molecule has 0 aliphatic carbocycles. The number of amides is 1. The van der Waals surface area contributed by atoms with E-state index < -0.39 is 16.4 Å². The predicted molar refractivity (Wildman–Crippen MR) is 94.3 cm³/mol. The van der Waals surface area contributed by atoms with Crippen LogP contribution in [-0.4, -0.2) is 16.6 Å². The molecule has 0 aromatic heterocycles. The molecule has 0 radical (unpaired) electrons. The maximum Gasteiger partial charge on any atom is 0.306 e. The lowest BCUT2D eigenvalue weighted by Gasteiger charge is -2.06. The van der Waals surface area contributed by atoms with E-state index in [1.165, 1.54) is 17.8 Å². The van der Waals surface area contributed by atoms with Gasteiger partial charge in [-0.25, -0.2) is 0 Å². The van der Waals surface area contributed by atoms with Crippen LogP contribution in [0.25, 0.3) is 0 Å². The number of nitro benzene ring substituents is 1. The molecule has 126 valence electrons. The van der Waals surface area contributed by atoms with Gasteiger partial charge in [0.2, 0.25) is 11.7 Å². The smallest absolute Gasteiger partial charge is 0.306 e. The Bertz CT molecular complexity index is 789. The van der Waals surface area contributed by atoms with Gasteiger partial charge in [0.15, 0.2) is 0 Å². The maximum absolute atomic E-state index is 13.2. The summed E-state index contributed by atoms with van der Waals surface area (Å²) in [6, 6.07) is 8.40. The molecule has 0 unspecified atom stereocenters. The van der Waals surface area contributed by atoms with E-state index in [4.69, 9.17) is 23.2 Å². The van der Waals surface area contributed by atoms with Crippen LogP contribution in [0, 0.1) is 15.9 Å². The molecule has 0 atom stereocenters. The van der Waals surface area contributed by atoms with Crippen molar-refractivity contribution in [2.24, 2.45) is 0 Å². The van der Waals surface area contributed by atoms with Gasteiger partial charge in [0.1, 0.15) is 0 Å². The first-order chi connectivity index (χ1) is 11.4. The molecule has 0 aliphatic rings. The topological polar surface area (TPSA) is 72.2 Å².